The van der Waals surface area contributed by atoms with Crippen LogP contribution in [0.5, 0.6) is 5.75 Å². The molecule has 0 radical (unpaired) electrons. The topological polar surface area (TPSA) is 91.6 Å². The van der Waals surface area contributed by atoms with Crippen molar-refractivity contribution in [3.63, 3.8) is 0 Å². The third-order valence-electron chi connectivity index (χ3n) is 6.33. The number of nitrogens with one attached hydrogen (secondary N) is 1. The monoisotopic (exact) mass is 478 g/mol. The first-order chi connectivity index (χ1) is 16.6. The Kier molecular flexibility index (Phi) is 9.31. The second kappa shape index (κ2) is 12.2. The number of β-amino-alcohol motifs (C(OH)–C–C–N with tert-alkyl or cyclic N) is 1. The van der Waals surface area contributed by atoms with E-state index in [4.69, 9.17) is 9.47 Å². The molecule has 1 aliphatic carbocycles. The quantitative estimate of drug-likeness (QED) is 0.441. The number of esters is 1. The van der Waals surface area contributed by atoms with E-state index >= 15 is 0 Å². The molecule has 0 bridgehead atoms. The van der Waals surface area contributed by atoms with Crippen molar-refractivity contribution in [3.05, 3.63) is 64.7 Å². The highest BCUT2D eigenvalue weighted by molar-refractivity contribution is 5.70. The molecule has 1 unspecified atom stereocenters. The van der Waals surface area contributed by atoms with Gasteiger partial charge >= 0.3 is 5.97 Å². The number of ether oxygens (including phenoxy) is 2. The van der Waals surface area contributed by atoms with Gasteiger partial charge in [0.1, 0.15) is 24.5 Å². The van der Waals surface area contributed by atoms with Gasteiger partial charge in [0.2, 0.25) is 0 Å². The summed E-state index contributed by atoms with van der Waals surface area (Å²) < 4.78 is 11.0. The van der Waals surface area contributed by atoms with E-state index in [0.717, 1.165) is 24.8 Å². The number of benzene rings is 2. The van der Waals surface area contributed by atoms with E-state index in [9.17, 15) is 15.2 Å². The van der Waals surface area contributed by atoms with Gasteiger partial charge in [-0.2, -0.15) is 5.26 Å². The number of hydrogen-bond acceptors (Lipinski definition) is 6. The molecule has 0 saturated heterocycles. The predicted molar refractivity (Wildman–Crippen MR) is 136 cm³/mol. The number of aliphatic hydroxyl groups is 1. The highest BCUT2D eigenvalue weighted by atomic mass is 16.5. The van der Waals surface area contributed by atoms with Crippen molar-refractivity contribution in [3.8, 4) is 11.8 Å². The molecule has 0 fully saturated rings. The summed E-state index contributed by atoms with van der Waals surface area (Å²) >= 11 is 0. The second-order valence-electron chi connectivity index (χ2n) is 10.5. The standard InChI is InChI=1S/C29H38N2O4/c1-20(2)35-28(33)12-10-21-9-11-25(17-30)27(15-21)34-19-26(32)18-31-29(3,4)16-22-13-23-7-5-6-8-24(23)14-22/h5-9,11,15,20,22,26,31-32H,10,12-14,16,18-19H2,1-4H3. The Bertz CT molecular complexity index is 1020. The van der Waals surface area contributed by atoms with Crippen molar-refractivity contribution in [1.82, 2.24) is 5.32 Å². The first-order valence-corrected chi connectivity index (χ1v) is 12.5. The van der Waals surface area contributed by atoms with Gasteiger partial charge in [0.25, 0.3) is 0 Å². The molecule has 0 amide bonds. The van der Waals surface area contributed by atoms with E-state index in [1.807, 2.05) is 19.9 Å². The van der Waals surface area contributed by atoms with Crippen molar-refractivity contribution in [2.24, 2.45) is 5.92 Å². The molecular weight excluding hydrogens is 440 g/mol. The number of nitriles is 1. The van der Waals surface area contributed by atoms with E-state index in [1.165, 1.54) is 11.1 Å². The lowest BCUT2D eigenvalue weighted by Crippen LogP contribution is -2.46. The number of rotatable bonds is 12. The fraction of sp³-hybridized carbons (Fsp3) is 0.517. The van der Waals surface area contributed by atoms with Gasteiger partial charge in [-0.05, 0) is 88.1 Å². The minimum absolute atomic E-state index is 0.0749. The Morgan fingerprint density at radius 1 is 1.20 bits per heavy atom. The maximum absolute atomic E-state index is 11.8. The van der Waals surface area contributed by atoms with Crippen molar-refractivity contribution in [2.45, 2.75) is 77.5 Å². The summed E-state index contributed by atoms with van der Waals surface area (Å²) in [5.74, 6) is 0.767. The summed E-state index contributed by atoms with van der Waals surface area (Å²) in [6.07, 6.45) is 3.14. The number of nitrogens with zero attached hydrogens (tertiary/aromatic N) is 1. The zero-order chi connectivity index (χ0) is 25.4. The molecule has 2 N–H and O–H groups in total. The van der Waals surface area contributed by atoms with Gasteiger partial charge < -0.3 is 19.9 Å². The summed E-state index contributed by atoms with van der Waals surface area (Å²) in [5, 5.41) is 23.5. The largest absolute Gasteiger partial charge is 0.489 e. The van der Waals surface area contributed by atoms with Crippen LogP contribution in [0.25, 0.3) is 0 Å². The van der Waals surface area contributed by atoms with Crippen LogP contribution in [0.4, 0.5) is 0 Å². The van der Waals surface area contributed by atoms with Gasteiger partial charge in [0, 0.05) is 18.5 Å². The Labute approximate surface area is 209 Å². The van der Waals surface area contributed by atoms with E-state index < -0.39 is 6.10 Å². The van der Waals surface area contributed by atoms with E-state index in [2.05, 4.69) is 49.5 Å². The van der Waals surface area contributed by atoms with Gasteiger partial charge in [-0.25, -0.2) is 0 Å². The number of aryl methyl sites for hydroxylation is 1. The van der Waals surface area contributed by atoms with Crippen LogP contribution < -0.4 is 10.1 Å². The molecule has 0 heterocycles. The Balaban J connectivity index is 1.46. The number of aliphatic hydroxyl groups excluding tert-OH is 1. The fourth-order valence-corrected chi connectivity index (χ4v) is 4.73. The van der Waals surface area contributed by atoms with Crippen molar-refractivity contribution in [1.29, 1.82) is 5.26 Å². The molecule has 1 atom stereocenters. The van der Waals surface area contributed by atoms with Crippen LogP contribution in [0, 0.1) is 17.2 Å². The minimum atomic E-state index is -0.716. The highest BCUT2D eigenvalue weighted by Gasteiger charge is 2.28. The molecule has 0 aliphatic heterocycles. The lowest BCUT2D eigenvalue weighted by atomic mass is 9.88. The van der Waals surface area contributed by atoms with Gasteiger partial charge in [-0.15, -0.1) is 0 Å². The molecule has 0 aromatic heterocycles. The Morgan fingerprint density at radius 3 is 2.51 bits per heavy atom. The zero-order valence-electron chi connectivity index (χ0n) is 21.3. The molecule has 35 heavy (non-hydrogen) atoms. The average Bonchev–Trinajstić information content (AvgIpc) is 3.21. The Morgan fingerprint density at radius 2 is 1.89 bits per heavy atom. The molecule has 0 saturated carbocycles. The van der Waals surface area contributed by atoms with Crippen LogP contribution in [-0.4, -0.2) is 42.0 Å². The molecule has 3 rings (SSSR count). The van der Waals surface area contributed by atoms with Gasteiger partial charge in [-0.3, -0.25) is 4.79 Å². The van der Waals surface area contributed by atoms with Crippen LogP contribution in [0.15, 0.2) is 42.5 Å². The maximum atomic E-state index is 11.8. The summed E-state index contributed by atoms with van der Waals surface area (Å²) in [5.41, 5.74) is 4.07. The number of hydrogen-bond donors (Lipinski definition) is 2. The van der Waals surface area contributed by atoms with Gasteiger partial charge in [0.05, 0.1) is 11.7 Å². The molecule has 2 aromatic rings. The average molecular weight is 479 g/mol. The van der Waals surface area contributed by atoms with Crippen LogP contribution in [0.3, 0.4) is 0 Å². The summed E-state index contributed by atoms with van der Waals surface area (Å²) in [4.78, 5) is 11.8. The smallest absolute Gasteiger partial charge is 0.306 e. The van der Waals surface area contributed by atoms with Crippen LogP contribution in [-0.2, 0) is 28.8 Å². The molecule has 6 nitrogen and oxygen atoms in total. The molecule has 0 spiro atoms. The summed E-state index contributed by atoms with van der Waals surface area (Å²) in [6.45, 7) is 8.46. The molecule has 2 aromatic carbocycles. The van der Waals surface area contributed by atoms with E-state index in [0.29, 0.717) is 30.2 Å². The SMILES string of the molecule is CC(C)OC(=O)CCc1ccc(C#N)c(OCC(O)CNC(C)(C)CC2Cc3ccccc3C2)c1. The third kappa shape index (κ3) is 8.38. The zero-order valence-corrected chi connectivity index (χ0v) is 21.3. The predicted octanol–water partition coefficient (Wildman–Crippen LogP) is 4.36. The van der Waals surface area contributed by atoms with E-state index in [1.54, 1.807) is 12.1 Å². The molecular formula is C29H38N2O4. The van der Waals surface area contributed by atoms with Crippen LogP contribution in [0.2, 0.25) is 0 Å². The van der Waals surface area contributed by atoms with Crippen LogP contribution in [0.1, 0.15) is 62.8 Å². The van der Waals surface area contributed by atoms with Crippen LogP contribution >= 0.6 is 0 Å². The summed E-state index contributed by atoms with van der Waals surface area (Å²) in [7, 11) is 0. The summed E-state index contributed by atoms with van der Waals surface area (Å²) in [6, 6.07) is 16.1. The normalized spacial score (nSPS) is 14.4. The Hall–Kier alpha value is -2.88. The first kappa shape index (κ1) is 26.7. The molecule has 1 aliphatic rings. The van der Waals surface area contributed by atoms with Gasteiger partial charge in [-0.1, -0.05) is 30.3 Å². The number of carbonyl (C=O) groups excluding carboxylic acids is 1. The lowest BCUT2D eigenvalue weighted by molar-refractivity contribution is -0.147. The van der Waals surface area contributed by atoms with Crippen molar-refractivity contribution < 1.29 is 19.4 Å². The third-order valence-corrected chi connectivity index (χ3v) is 6.33. The first-order valence-electron chi connectivity index (χ1n) is 12.5. The van der Waals surface area contributed by atoms with Gasteiger partial charge in [0.15, 0.2) is 0 Å². The fourth-order valence-electron chi connectivity index (χ4n) is 4.73. The lowest BCUT2D eigenvalue weighted by Gasteiger charge is -2.30. The second-order valence-corrected chi connectivity index (χ2v) is 10.5. The van der Waals surface area contributed by atoms with Crippen molar-refractivity contribution >= 4 is 5.97 Å². The van der Waals surface area contributed by atoms with E-state index in [-0.39, 0.29) is 30.6 Å². The minimum Gasteiger partial charge on any atom is -0.489 e. The van der Waals surface area contributed by atoms with Crippen molar-refractivity contribution in [2.75, 3.05) is 13.2 Å². The molecule has 6 heteroatoms. The molecule has 188 valence electrons. The number of carbonyl (C=O) groups is 1. The number of fused-ring (bicyclic) bond motifs is 1. The maximum Gasteiger partial charge on any atom is 0.306 e. The highest BCUT2D eigenvalue weighted by Crippen LogP contribution is 2.31.